The average molecular weight is 588 g/mol. The van der Waals surface area contributed by atoms with Gasteiger partial charge in [0.25, 0.3) is 0 Å². The summed E-state index contributed by atoms with van der Waals surface area (Å²) in [6.07, 6.45) is -0.0598. The molecule has 0 saturated heterocycles. The Morgan fingerprint density at radius 2 is 1.52 bits per heavy atom. The molecule has 0 spiro atoms. The van der Waals surface area contributed by atoms with E-state index in [4.69, 9.17) is 9.47 Å². The number of fused-ring (bicyclic) bond motifs is 1. The van der Waals surface area contributed by atoms with Crippen molar-refractivity contribution in [3.05, 3.63) is 102 Å². The standard InChI is InChI=1S/C30H26FN5O5S/c1-40-24-16-22(17-25(18-24)41-2)33-29-30(35-27-12-4-3-11-26(27)34-29)36(42(38)39)23-10-6-9-21(15-23)32-28(37)14-19-7-5-8-20(31)13-19/h3-13,15-18,42H,14H2,1-2H3,(H,32,37)(H,33,34). The van der Waals surface area contributed by atoms with E-state index in [1.807, 2.05) is 0 Å². The van der Waals surface area contributed by atoms with Crippen LogP contribution in [0, 0.1) is 5.82 Å². The quantitative estimate of drug-likeness (QED) is 0.186. The van der Waals surface area contributed by atoms with E-state index >= 15 is 0 Å². The molecule has 5 rings (SSSR count). The van der Waals surface area contributed by atoms with Gasteiger partial charge in [0.2, 0.25) is 16.8 Å². The summed E-state index contributed by atoms with van der Waals surface area (Å²) in [4.78, 5) is 22.0. The van der Waals surface area contributed by atoms with Crippen molar-refractivity contribution in [2.45, 2.75) is 6.42 Å². The number of halogens is 1. The van der Waals surface area contributed by atoms with Crippen LogP contribution in [0.1, 0.15) is 5.56 Å². The zero-order valence-electron chi connectivity index (χ0n) is 22.6. The number of para-hydroxylation sites is 2. The molecule has 0 unspecified atom stereocenters. The summed E-state index contributed by atoms with van der Waals surface area (Å²) in [5, 5.41) is 5.90. The number of amides is 1. The molecule has 10 nitrogen and oxygen atoms in total. The summed E-state index contributed by atoms with van der Waals surface area (Å²) in [6.45, 7) is 0. The first-order valence-corrected chi connectivity index (χ1v) is 13.8. The van der Waals surface area contributed by atoms with Crippen LogP contribution in [0.3, 0.4) is 0 Å². The number of ether oxygens (including phenoxy) is 2. The number of aromatic nitrogens is 2. The molecule has 4 aromatic carbocycles. The molecule has 0 aliphatic heterocycles. The molecule has 0 bridgehead atoms. The Balaban J connectivity index is 1.53. The van der Waals surface area contributed by atoms with Gasteiger partial charge < -0.3 is 20.1 Å². The third-order valence-electron chi connectivity index (χ3n) is 6.16. The van der Waals surface area contributed by atoms with Crippen LogP contribution in [-0.4, -0.2) is 38.5 Å². The Hall–Kier alpha value is -5.23. The fourth-order valence-corrected chi connectivity index (χ4v) is 4.89. The van der Waals surface area contributed by atoms with E-state index in [2.05, 4.69) is 20.6 Å². The summed E-state index contributed by atoms with van der Waals surface area (Å²) < 4.78 is 50.8. The minimum Gasteiger partial charge on any atom is -0.497 e. The van der Waals surface area contributed by atoms with Crippen LogP contribution >= 0.6 is 0 Å². The molecule has 5 aromatic rings. The van der Waals surface area contributed by atoms with Crippen LogP contribution in [-0.2, 0) is 22.1 Å². The Kier molecular flexibility index (Phi) is 8.44. The Labute approximate surface area is 242 Å². The normalized spacial score (nSPS) is 10.9. The molecular formula is C30H26FN5O5S. The summed E-state index contributed by atoms with van der Waals surface area (Å²) in [5.74, 6) is 0.362. The highest BCUT2D eigenvalue weighted by Crippen LogP contribution is 2.35. The molecule has 0 fully saturated rings. The molecule has 42 heavy (non-hydrogen) atoms. The van der Waals surface area contributed by atoms with Gasteiger partial charge in [-0.1, -0.05) is 30.3 Å². The molecule has 214 valence electrons. The highest BCUT2D eigenvalue weighted by Gasteiger charge is 2.21. The van der Waals surface area contributed by atoms with Gasteiger partial charge in [0.05, 0.1) is 37.4 Å². The molecular weight excluding hydrogens is 561 g/mol. The summed E-state index contributed by atoms with van der Waals surface area (Å²) in [5.41, 5.74) is 2.60. The van der Waals surface area contributed by atoms with Gasteiger partial charge in [-0.2, -0.15) is 0 Å². The number of rotatable bonds is 10. The summed E-state index contributed by atoms with van der Waals surface area (Å²) in [7, 11) is -0.228. The van der Waals surface area contributed by atoms with E-state index in [0.717, 1.165) is 4.31 Å². The van der Waals surface area contributed by atoms with Crippen molar-refractivity contribution in [1.82, 2.24) is 9.97 Å². The molecule has 0 aliphatic carbocycles. The van der Waals surface area contributed by atoms with E-state index in [-0.39, 0.29) is 23.7 Å². The minimum absolute atomic E-state index is 0.00911. The maximum atomic E-state index is 13.5. The molecule has 0 saturated carbocycles. The number of methoxy groups -OCH3 is 2. The van der Waals surface area contributed by atoms with Crippen molar-refractivity contribution in [1.29, 1.82) is 0 Å². The molecule has 0 atom stereocenters. The van der Waals surface area contributed by atoms with E-state index in [0.29, 0.717) is 39.5 Å². The molecule has 0 aliphatic rings. The van der Waals surface area contributed by atoms with Gasteiger partial charge in [-0.25, -0.2) is 27.1 Å². The lowest BCUT2D eigenvalue weighted by Crippen LogP contribution is -2.19. The maximum Gasteiger partial charge on any atom is 0.230 e. The van der Waals surface area contributed by atoms with Crippen molar-refractivity contribution in [2.24, 2.45) is 0 Å². The molecule has 1 aromatic heterocycles. The monoisotopic (exact) mass is 587 g/mol. The minimum atomic E-state index is -3.27. The molecule has 0 radical (unpaired) electrons. The lowest BCUT2D eigenvalue weighted by Gasteiger charge is -2.21. The van der Waals surface area contributed by atoms with Gasteiger partial charge in [0.15, 0.2) is 11.6 Å². The zero-order valence-corrected chi connectivity index (χ0v) is 23.5. The van der Waals surface area contributed by atoms with E-state index in [1.165, 1.54) is 38.5 Å². The van der Waals surface area contributed by atoms with E-state index < -0.39 is 22.6 Å². The van der Waals surface area contributed by atoms with Crippen molar-refractivity contribution >= 4 is 56.5 Å². The van der Waals surface area contributed by atoms with Gasteiger partial charge in [-0.15, -0.1) is 0 Å². The molecule has 2 N–H and O–H groups in total. The van der Waals surface area contributed by atoms with Crippen LogP contribution in [0.2, 0.25) is 0 Å². The summed E-state index contributed by atoms with van der Waals surface area (Å²) >= 11 is 0. The number of carbonyl (C=O) groups is 1. The van der Waals surface area contributed by atoms with Crippen molar-refractivity contribution in [2.75, 3.05) is 29.2 Å². The number of nitrogens with zero attached hydrogens (tertiary/aromatic N) is 3. The highest BCUT2D eigenvalue weighted by molar-refractivity contribution is 7.74. The SMILES string of the molecule is COc1cc(Nc2nc3ccccc3nc2N(c2cccc(NC(=O)Cc3cccc(F)c3)c2)[SH](=O)=O)cc(OC)c1. The average Bonchev–Trinajstić information content (AvgIpc) is 2.97. The Morgan fingerprint density at radius 1 is 0.833 bits per heavy atom. The van der Waals surface area contributed by atoms with Crippen LogP contribution in [0.5, 0.6) is 11.5 Å². The van der Waals surface area contributed by atoms with Crippen LogP contribution in [0.25, 0.3) is 11.0 Å². The molecule has 1 amide bonds. The number of nitrogens with one attached hydrogen (secondary N) is 2. The Bertz CT molecular complexity index is 1820. The largest absolute Gasteiger partial charge is 0.497 e. The number of thiol groups is 1. The Morgan fingerprint density at radius 3 is 2.19 bits per heavy atom. The van der Waals surface area contributed by atoms with Crippen LogP contribution in [0.4, 0.5) is 33.1 Å². The molecule has 12 heteroatoms. The lowest BCUT2D eigenvalue weighted by atomic mass is 10.1. The fraction of sp³-hybridized carbons (Fsp3) is 0.100. The van der Waals surface area contributed by atoms with Crippen molar-refractivity contribution in [3.63, 3.8) is 0 Å². The van der Waals surface area contributed by atoms with Crippen LogP contribution in [0.15, 0.2) is 91.0 Å². The predicted molar refractivity (Wildman–Crippen MR) is 160 cm³/mol. The van der Waals surface area contributed by atoms with Crippen molar-refractivity contribution < 1.29 is 27.1 Å². The summed E-state index contributed by atoms with van der Waals surface area (Å²) in [6, 6.07) is 24.2. The molecule has 1 heterocycles. The van der Waals surface area contributed by atoms with Gasteiger partial charge in [-0.3, -0.25) is 4.79 Å². The second kappa shape index (κ2) is 12.5. The lowest BCUT2D eigenvalue weighted by molar-refractivity contribution is -0.115. The van der Waals surface area contributed by atoms with Gasteiger partial charge in [-0.05, 0) is 48.0 Å². The second-order valence-corrected chi connectivity index (χ2v) is 9.94. The first kappa shape index (κ1) is 28.3. The number of carbonyl (C=O) groups excluding carboxylic acids is 1. The predicted octanol–water partition coefficient (Wildman–Crippen LogP) is 5.38. The number of hydrogen-bond donors (Lipinski definition) is 3. The number of benzene rings is 4. The first-order chi connectivity index (χ1) is 20.3. The van der Waals surface area contributed by atoms with Crippen LogP contribution < -0.4 is 24.4 Å². The topological polar surface area (TPSA) is 123 Å². The second-order valence-electron chi connectivity index (χ2n) is 9.07. The van der Waals surface area contributed by atoms with Crippen molar-refractivity contribution in [3.8, 4) is 11.5 Å². The third kappa shape index (κ3) is 6.56. The smallest absolute Gasteiger partial charge is 0.230 e. The zero-order chi connectivity index (χ0) is 29.6. The fourth-order valence-electron chi connectivity index (χ4n) is 4.29. The third-order valence-corrected chi connectivity index (χ3v) is 6.91. The first-order valence-electron chi connectivity index (χ1n) is 12.7. The van der Waals surface area contributed by atoms with E-state index in [1.54, 1.807) is 66.7 Å². The highest BCUT2D eigenvalue weighted by atomic mass is 32.2. The van der Waals surface area contributed by atoms with Gasteiger partial charge >= 0.3 is 0 Å². The van der Waals surface area contributed by atoms with E-state index in [9.17, 15) is 17.6 Å². The van der Waals surface area contributed by atoms with Gasteiger partial charge in [0.1, 0.15) is 17.3 Å². The number of anilines is 5. The van der Waals surface area contributed by atoms with Gasteiger partial charge in [0, 0.05) is 29.6 Å². The number of hydrogen-bond acceptors (Lipinski definition) is 8. The maximum absolute atomic E-state index is 13.5.